The van der Waals surface area contributed by atoms with Crippen LogP contribution in [0, 0.1) is 5.92 Å². The molecule has 142 valence electrons. The van der Waals surface area contributed by atoms with E-state index in [-0.39, 0.29) is 24.2 Å². The van der Waals surface area contributed by atoms with Crippen molar-refractivity contribution in [2.24, 2.45) is 5.92 Å². The van der Waals surface area contributed by atoms with Crippen molar-refractivity contribution >= 4 is 5.91 Å². The van der Waals surface area contributed by atoms with Gasteiger partial charge in [0.25, 0.3) is 5.91 Å². The molecule has 5 nitrogen and oxygen atoms in total. The van der Waals surface area contributed by atoms with Gasteiger partial charge in [-0.1, -0.05) is 24.6 Å². The van der Waals surface area contributed by atoms with E-state index in [1.807, 2.05) is 35.2 Å². The number of amides is 1. The number of nitrogens with zero attached hydrogens (tertiary/aromatic N) is 1. The smallest absolute Gasteiger partial charge is 0.260 e. The molecular formula is C21H29NO4. The predicted octanol–water partition coefficient (Wildman–Crippen LogP) is 3.03. The molecule has 1 amide bonds. The zero-order chi connectivity index (χ0) is 17.8. The number of carbonyl (C=O) groups excluding carboxylic acids is 1. The van der Waals surface area contributed by atoms with Crippen LogP contribution in [0.3, 0.4) is 0 Å². The number of hydrogen-bond acceptors (Lipinski definition) is 4. The minimum Gasteiger partial charge on any atom is -0.484 e. The van der Waals surface area contributed by atoms with Gasteiger partial charge >= 0.3 is 0 Å². The average Bonchev–Trinajstić information content (AvgIpc) is 3.02. The third-order valence-corrected chi connectivity index (χ3v) is 6.10. The standard InChI is InChI=1S/C21H29NO4/c23-20(16-25-18-7-2-1-3-8-18)22-11-9-21(10-12-22)13-19(15-26-21)24-14-17-5-4-6-17/h1-3,7-8,17,19H,4-6,9-16H2/t19-/m0/s1. The summed E-state index contributed by atoms with van der Waals surface area (Å²) in [6.45, 7) is 3.19. The van der Waals surface area contributed by atoms with Crippen LogP contribution in [0.1, 0.15) is 38.5 Å². The minimum atomic E-state index is -0.0820. The Morgan fingerprint density at radius 3 is 2.65 bits per heavy atom. The van der Waals surface area contributed by atoms with E-state index in [1.165, 1.54) is 19.3 Å². The largest absolute Gasteiger partial charge is 0.484 e. The second kappa shape index (κ2) is 7.97. The van der Waals surface area contributed by atoms with Crippen LogP contribution in [0.5, 0.6) is 5.75 Å². The minimum absolute atomic E-state index is 0.0551. The molecule has 1 spiro atoms. The first-order valence-corrected chi connectivity index (χ1v) is 9.94. The van der Waals surface area contributed by atoms with Gasteiger partial charge in [-0.3, -0.25) is 4.79 Å². The second-order valence-electron chi connectivity index (χ2n) is 7.93. The number of rotatable bonds is 6. The predicted molar refractivity (Wildman–Crippen MR) is 98.1 cm³/mol. The first kappa shape index (κ1) is 17.8. The van der Waals surface area contributed by atoms with Gasteiger partial charge in [-0.25, -0.2) is 0 Å². The van der Waals surface area contributed by atoms with Gasteiger partial charge in [-0.15, -0.1) is 0 Å². The molecule has 0 unspecified atom stereocenters. The van der Waals surface area contributed by atoms with E-state index in [4.69, 9.17) is 14.2 Å². The summed E-state index contributed by atoms with van der Waals surface area (Å²) in [7, 11) is 0. The summed E-state index contributed by atoms with van der Waals surface area (Å²) >= 11 is 0. The van der Waals surface area contributed by atoms with Crippen molar-refractivity contribution in [1.29, 1.82) is 0 Å². The third kappa shape index (κ3) is 4.21. The van der Waals surface area contributed by atoms with E-state index >= 15 is 0 Å². The molecule has 3 aliphatic rings. The van der Waals surface area contributed by atoms with Gasteiger partial charge in [-0.05, 0) is 43.7 Å². The van der Waals surface area contributed by atoms with Crippen molar-refractivity contribution < 1.29 is 19.0 Å². The average molecular weight is 359 g/mol. The van der Waals surface area contributed by atoms with Gasteiger partial charge in [-0.2, -0.15) is 0 Å². The first-order chi connectivity index (χ1) is 12.7. The SMILES string of the molecule is O=C(COc1ccccc1)N1CCC2(CC1)C[C@H](OCC1CCC1)CO2. The Balaban J connectivity index is 1.19. The molecule has 1 aromatic rings. The van der Waals surface area contributed by atoms with E-state index in [1.54, 1.807) is 0 Å². The lowest BCUT2D eigenvalue weighted by Crippen LogP contribution is -2.47. The van der Waals surface area contributed by atoms with E-state index in [9.17, 15) is 4.79 Å². The fourth-order valence-electron chi connectivity index (χ4n) is 4.11. The molecule has 1 aromatic carbocycles. The van der Waals surface area contributed by atoms with Crippen molar-refractivity contribution in [2.45, 2.75) is 50.2 Å². The number of para-hydroxylation sites is 1. The molecule has 26 heavy (non-hydrogen) atoms. The summed E-state index contributed by atoms with van der Waals surface area (Å²) in [5.74, 6) is 1.56. The summed E-state index contributed by atoms with van der Waals surface area (Å²) < 4.78 is 17.8. The Hall–Kier alpha value is -1.59. The van der Waals surface area contributed by atoms with Crippen molar-refractivity contribution in [1.82, 2.24) is 4.90 Å². The van der Waals surface area contributed by atoms with Gasteiger partial charge < -0.3 is 19.1 Å². The molecule has 0 bridgehead atoms. The van der Waals surface area contributed by atoms with Gasteiger partial charge in [0.1, 0.15) is 5.75 Å². The van der Waals surface area contributed by atoms with Crippen LogP contribution in [0.2, 0.25) is 0 Å². The number of benzene rings is 1. The van der Waals surface area contributed by atoms with Crippen molar-refractivity contribution in [2.75, 3.05) is 32.9 Å². The molecule has 4 rings (SSSR count). The highest BCUT2D eigenvalue weighted by molar-refractivity contribution is 5.77. The quantitative estimate of drug-likeness (QED) is 0.783. The van der Waals surface area contributed by atoms with Crippen molar-refractivity contribution in [3.05, 3.63) is 30.3 Å². The van der Waals surface area contributed by atoms with Crippen LogP contribution in [0.4, 0.5) is 0 Å². The van der Waals surface area contributed by atoms with Crippen molar-refractivity contribution in [3.8, 4) is 5.75 Å². The van der Waals surface area contributed by atoms with Gasteiger partial charge in [0.15, 0.2) is 6.61 Å². The molecule has 2 aliphatic heterocycles. The first-order valence-electron chi connectivity index (χ1n) is 9.94. The maximum Gasteiger partial charge on any atom is 0.260 e. The highest BCUT2D eigenvalue weighted by Crippen LogP contribution is 2.37. The highest BCUT2D eigenvalue weighted by atomic mass is 16.6. The topological polar surface area (TPSA) is 48.0 Å². The summed E-state index contributed by atoms with van der Waals surface area (Å²) in [6.07, 6.45) is 7.00. The molecule has 1 atom stereocenters. The molecule has 5 heteroatoms. The van der Waals surface area contributed by atoms with E-state index in [2.05, 4.69) is 0 Å². The Morgan fingerprint density at radius 2 is 1.96 bits per heavy atom. The van der Waals surface area contributed by atoms with Crippen LogP contribution in [-0.2, 0) is 14.3 Å². The van der Waals surface area contributed by atoms with Crippen LogP contribution in [-0.4, -0.2) is 55.4 Å². The molecule has 0 aromatic heterocycles. The molecule has 2 heterocycles. The maximum atomic E-state index is 12.4. The number of ether oxygens (including phenoxy) is 3. The number of carbonyl (C=O) groups is 1. The molecule has 1 saturated carbocycles. The molecule has 1 aliphatic carbocycles. The van der Waals surface area contributed by atoms with Crippen LogP contribution < -0.4 is 4.74 Å². The van der Waals surface area contributed by atoms with Crippen molar-refractivity contribution in [3.63, 3.8) is 0 Å². The number of likely N-dealkylation sites (tertiary alicyclic amines) is 1. The van der Waals surface area contributed by atoms with Gasteiger partial charge in [0.05, 0.1) is 18.3 Å². The normalized spacial score (nSPS) is 25.2. The lowest BCUT2D eigenvalue weighted by Gasteiger charge is -2.38. The molecular weight excluding hydrogens is 330 g/mol. The summed E-state index contributed by atoms with van der Waals surface area (Å²) in [4.78, 5) is 14.3. The molecule has 0 radical (unpaired) electrons. The second-order valence-corrected chi connectivity index (χ2v) is 7.93. The third-order valence-electron chi connectivity index (χ3n) is 6.10. The van der Waals surface area contributed by atoms with E-state index < -0.39 is 0 Å². The van der Waals surface area contributed by atoms with E-state index in [0.717, 1.165) is 50.6 Å². The molecule has 2 saturated heterocycles. The lowest BCUT2D eigenvalue weighted by atomic mass is 9.86. The Kier molecular flexibility index (Phi) is 5.46. The number of hydrogen-bond donors (Lipinski definition) is 0. The Bertz CT molecular complexity index is 593. The monoisotopic (exact) mass is 359 g/mol. The van der Waals surface area contributed by atoms with E-state index in [0.29, 0.717) is 6.61 Å². The maximum absolute atomic E-state index is 12.4. The molecule has 3 fully saturated rings. The number of piperidine rings is 1. The zero-order valence-corrected chi connectivity index (χ0v) is 15.4. The fraction of sp³-hybridized carbons (Fsp3) is 0.667. The zero-order valence-electron chi connectivity index (χ0n) is 15.4. The fourth-order valence-corrected chi connectivity index (χ4v) is 4.11. The van der Waals surface area contributed by atoms with Crippen LogP contribution >= 0.6 is 0 Å². The van der Waals surface area contributed by atoms with Crippen LogP contribution in [0.15, 0.2) is 30.3 Å². The summed E-state index contributed by atoms with van der Waals surface area (Å²) in [6, 6.07) is 9.49. The highest BCUT2D eigenvalue weighted by Gasteiger charge is 2.44. The Morgan fingerprint density at radius 1 is 1.19 bits per heavy atom. The molecule has 0 N–H and O–H groups in total. The summed E-state index contributed by atoms with van der Waals surface area (Å²) in [5.41, 5.74) is -0.0820. The lowest BCUT2D eigenvalue weighted by molar-refractivity contribution is -0.138. The Labute approximate surface area is 155 Å². The van der Waals surface area contributed by atoms with Gasteiger partial charge in [0.2, 0.25) is 0 Å². The van der Waals surface area contributed by atoms with Gasteiger partial charge in [0, 0.05) is 26.1 Å². The van der Waals surface area contributed by atoms with Crippen LogP contribution in [0.25, 0.3) is 0 Å². The summed E-state index contributed by atoms with van der Waals surface area (Å²) in [5, 5.41) is 0.